The van der Waals surface area contributed by atoms with E-state index in [1.165, 1.54) is 32.0 Å². The highest BCUT2D eigenvalue weighted by Gasteiger charge is 2.12. The van der Waals surface area contributed by atoms with E-state index in [1.807, 2.05) is 5.48 Å². The summed E-state index contributed by atoms with van der Waals surface area (Å²) >= 11 is 0. The summed E-state index contributed by atoms with van der Waals surface area (Å²) in [5.41, 5.74) is 3.09. The van der Waals surface area contributed by atoms with Crippen LogP contribution in [0.3, 0.4) is 0 Å². The summed E-state index contributed by atoms with van der Waals surface area (Å²) in [5.74, 6) is 0.486. The van der Waals surface area contributed by atoms with Crippen LogP contribution in [0.4, 0.5) is 17.5 Å². The zero-order valence-corrected chi connectivity index (χ0v) is 15.2. The molecule has 0 amide bonds. The average Bonchev–Trinajstić information content (AvgIpc) is 3.36. The molecule has 0 atom stereocenters. The van der Waals surface area contributed by atoms with E-state index in [0.717, 1.165) is 13.0 Å². The van der Waals surface area contributed by atoms with Gasteiger partial charge in [0.2, 0.25) is 17.7 Å². The molecule has 11 heteroatoms. The Labute approximate surface area is 161 Å². The normalized spacial score (nSPS) is 14.5. The highest BCUT2D eigenvalue weighted by atomic mass is 16.5. The molecule has 0 aliphatic carbocycles. The quantitative estimate of drug-likeness (QED) is 0.334. The van der Waals surface area contributed by atoms with Crippen molar-refractivity contribution in [3.8, 4) is 11.8 Å². The number of fused-ring (bicyclic) bond motifs is 1. The summed E-state index contributed by atoms with van der Waals surface area (Å²) in [6.07, 6.45) is 5.08. The molecule has 0 aromatic carbocycles. The van der Waals surface area contributed by atoms with Crippen molar-refractivity contribution in [2.45, 2.75) is 19.3 Å². The number of rotatable bonds is 8. The summed E-state index contributed by atoms with van der Waals surface area (Å²) in [5, 5.41) is 29.6. The van der Waals surface area contributed by atoms with Crippen molar-refractivity contribution in [1.29, 1.82) is 0 Å². The van der Waals surface area contributed by atoms with Gasteiger partial charge in [-0.05, 0) is 32.4 Å². The van der Waals surface area contributed by atoms with E-state index in [1.54, 1.807) is 22.9 Å². The number of aromatic nitrogens is 5. The van der Waals surface area contributed by atoms with Crippen molar-refractivity contribution in [2.75, 3.05) is 37.0 Å². The standard InChI is InChI=1S/C17H22N8O3/c26-15-10-13(23-27)20-17(21-15)19-12-8-14-22-18-11-25(14)16(9-12)28-7-3-6-24-4-1-2-5-24/h8-11,27H,1-7H2,(H3,19,20,21,23,26). The molecule has 3 aromatic rings. The molecular weight excluding hydrogens is 364 g/mol. The predicted octanol–water partition coefficient (Wildman–Crippen LogP) is 1.63. The first-order valence-electron chi connectivity index (χ1n) is 9.15. The van der Waals surface area contributed by atoms with Gasteiger partial charge in [-0.1, -0.05) is 0 Å². The molecule has 11 nitrogen and oxygen atoms in total. The average molecular weight is 386 g/mol. The van der Waals surface area contributed by atoms with Crippen LogP contribution in [0.15, 0.2) is 24.5 Å². The molecule has 0 bridgehead atoms. The molecule has 4 heterocycles. The number of anilines is 3. The lowest BCUT2D eigenvalue weighted by Crippen LogP contribution is -2.22. The molecule has 1 aliphatic heterocycles. The number of nitrogens with zero attached hydrogens (tertiary/aromatic N) is 6. The number of hydrogen-bond acceptors (Lipinski definition) is 10. The maximum Gasteiger partial charge on any atom is 0.232 e. The van der Waals surface area contributed by atoms with Crippen LogP contribution in [0.25, 0.3) is 5.65 Å². The summed E-state index contributed by atoms with van der Waals surface area (Å²) in [4.78, 5) is 10.4. The number of nitrogens with one attached hydrogen (secondary N) is 2. The van der Waals surface area contributed by atoms with Crippen LogP contribution in [0, 0.1) is 0 Å². The van der Waals surface area contributed by atoms with Gasteiger partial charge in [0.1, 0.15) is 6.33 Å². The van der Waals surface area contributed by atoms with Crippen LogP contribution in [0.2, 0.25) is 0 Å². The lowest BCUT2D eigenvalue weighted by molar-refractivity contribution is 0.255. The fourth-order valence-corrected chi connectivity index (χ4v) is 3.23. The Bertz CT molecular complexity index is 941. The van der Waals surface area contributed by atoms with Gasteiger partial charge in [-0.3, -0.25) is 15.1 Å². The smallest absolute Gasteiger partial charge is 0.232 e. The van der Waals surface area contributed by atoms with Crippen molar-refractivity contribution >= 4 is 23.1 Å². The van der Waals surface area contributed by atoms with E-state index in [4.69, 9.17) is 9.94 Å². The third-order valence-electron chi connectivity index (χ3n) is 4.53. The highest BCUT2D eigenvalue weighted by molar-refractivity contribution is 5.63. The molecule has 1 aliphatic rings. The second-order valence-corrected chi connectivity index (χ2v) is 6.56. The van der Waals surface area contributed by atoms with Crippen molar-refractivity contribution in [1.82, 2.24) is 29.5 Å². The molecule has 0 unspecified atom stereocenters. The molecule has 0 saturated carbocycles. The van der Waals surface area contributed by atoms with Gasteiger partial charge in [-0.2, -0.15) is 9.97 Å². The van der Waals surface area contributed by atoms with Crippen molar-refractivity contribution in [2.24, 2.45) is 0 Å². The molecule has 0 radical (unpaired) electrons. The van der Waals surface area contributed by atoms with E-state index in [-0.39, 0.29) is 17.6 Å². The van der Waals surface area contributed by atoms with E-state index < -0.39 is 0 Å². The second-order valence-electron chi connectivity index (χ2n) is 6.56. The topological polar surface area (TPSA) is 133 Å². The molecule has 0 spiro atoms. The summed E-state index contributed by atoms with van der Waals surface area (Å²) in [6.45, 7) is 3.94. The van der Waals surface area contributed by atoms with Gasteiger partial charge < -0.3 is 20.1 Å². The van der Waals surface area contributed by atoms with Gasteiger partial charge >= 0.3 is 0 Å². The Morgan fingerprint density at radius 1 is 1.14 bits per heavy atom. The van der Waals surface area contributed by atoms with Gasteiger partial charge in [0, 0.05) is 30.4 Å². The van der Waals surface area contributed by atoms with Gasteiger partial charge in [0.05, 0.1) is 6.61 Å². The summed E-state index contributed by atoms with van der Waals surface area (Å²) in [7, 11) is 0. The maximum atomic E-state index is 9.63. The van der Waals surface area contributed by atoms with Gasteiger partial charge in [-0.15, -0.1) is 10.2 Å². The number of hydrogen-bond donors (Lipinski definition) is 4. The molecule has 1 saturated heterocycles. The number of ether oxygens (including phenoxy) is 1. The van der Waals surface area contributed by atoms with Crippen molar-refractivity contribution < 1.29 is 15.1 Å². The fourth-order valence-electron chi connectivity index (χ4n) is 3.23. The number of likely N-dealkylation sites (tertiary alicyclic amines) is 1. The number of aromatic hydroxyl groups is 1. The zero-order chi connectivity index (χ0) is 19.3. The van der Waals surface area contributed by atoms with Crippen LogP contribution in [0.1, 0.15) is 19.3 Å². The van der Waals surface area contributed by atoms with Gasteiger partial charge in [-0.25, -0.2) is 0 Å². The van der Waals surface area contributed by atoms with E-state index >= 15 is 0 Å². The van der Waals surface area contributed by atoms with Crippen LogP contribution in [-0.4, -0.2) is 66.0 Å². The first-order chi connectivity index (χ1) is 13.7. The van der Waals surface area contributed by atoms with Crippen molar-refractivity contribution in [3.05, 3.63) is 24.5 Å². The number of pyridine rings is 1. The molecule has 4 N–H and O–H groups in total. The zero-order valence-electron chi connectivity index (χ0n) is 15.2. The second kappa shape index (κ2) is 8.23. The Kier molecular flexibility index (Phi) is 5.35. The van der Waals surface area contributed by atoms with E-state index in [2.05, 4.69) is 30.4 Å². The maximum absolute atomic E-state index is 9.63. The van der Waals surface area contributed by atoms with E-state index in [9.17, 15) is 5.11 Å². The third-order valence-corrected chi connectivity index (χ3v) is 4.53. The van der Waals surface area contributed by atoms with Crippen LogP contribution in [0.5, 0.6) is 11.8 Å². The highest BCUT2D eigenvalue weighted by Crippen LogP contribution is 2.24. The first-order valence-corrected chi connectivity index (χ1v) is 9.15. The SMILES string of the molecule is ONc1cc(O)nc(Nc2cc(OCCCN3CCCC3)n3cnnc3c2)n1. The molecule has 1 fully saturated rings. The minimum absolute atomic E-state index is 0.0666. The minimum atomic E-state index is -0.281. The fraction of sp³-hybridized carbons (Fsp3) is 0.412. The third kappa shape index (κ3) is 4.21. The molecule has 148 valence electrons. The first kappa shape index (κ1) is 18.2. The van der Waals surface area contributed by atoms with Crippen LogP contribution >= 0.6 is 0 Å². The van der Waals surface area contributed by atoms with Gasteiger partial charge in [0.15, 0.2) is 11.5 Å². The Morgan fingerprint density at radius 3 is 2.82 bits per heavy atom. The summed E-state index contributed by atoms with van der Waals surface area (Å²) in [6, 6.07) is 4.73. The van der Waals surface area contributed by atoms with Crippen LogP contribution < -0.4 is 15.5 Å². The Hall–Kier alpha value is -3.18. The largest absolute Gasteiger partial charge is 0.493 e. The van der Waals surface area contributed by atoms with Crippen LogP contribution in [-0.2, 0) is 0 Å². The molecular formula is C17H22N8O3. The Morgan fingerprint density at radius 2 is 2.00 bits per heavy atom. The van der Waals surface area contributed by atoms with E-state index in [0.29, 0.717) is 23.8 Å². The Balaban J connectivity index is 1.47. The monoisotopic (exact) mass is 386 g/mol. The molecule has 28 heavy (non-hydrogen) atoms. The lowest BCUT2D eigenvalue weighted by atomic mass is 10.3. The van der Waals surface area contributed by atoms with Crippen molar-refractivity contribution in [3.63, 3.8) is 0 Å². The lowest BCUT2D eigenvalue weighted by Gasteiger charge is -2.15. The molecule has 3 aromatic heterocycles. The summed E-state index contributed by atoms with van der Waals surface area (Å²) < 4.78 is 7.71. The minimum Gasteiger partial charge on any atom is -0.493 e. The van der Waals surface area contributed by atoms with Gasteiger partial charge in [0.25, 0.3) is 0 Å². The molecule has 4 rings (SSSR count). The predicted molar refractivity (Wildman–Crippen MR) is 101 cm³/mol.